The molecule has 284 valence electrons. The molecule has 2 aliphatic rings. The van der Waals surface area contributed by atoms with Crippen molar-refractivity contribution in [1.82, 2.24) is 14.6 Å². The van der Waals surface area contributed by atoms with Crippen molar-refractivity contribution in [1.29, 1.82) is 0 Å². The number of rotatable bonds is 17. The van der Waals surface area contributed by atoms with E-state index in [0.717, 1.165) is 31.2 Å². The van der Waals surface area contributed by atoms with E-state index in [1.165, 1.54) is 22.0 Å². The number of aromatic hydroxyl groups is 1. The Morgan fingerprint density at radius 3 is 2.51 bits per heavy atom. The van der Waals surface area contributed by atoms with E-state index >= 15 is 0 Å². The number of carbonyl (C=O) groups excluding carboxylic acids is 1. The number of benzene rings is 3. The van der Waals surface area contributed by atoms with Crippen molar-refractivity contribution >= 4 is 33.2 Å². The van der Waals surface area contributed by atoms with Gasteiger partial charge in [-0.25, -0.2) is 13.2 Å². The van der Waals surface area contributed by atoms with Crippen LogP contribution in [-0.2, 0) is 37.1 Å². The molecule has 0 saturated carbocycles. The quantitative estimate of drug-likeness (QED) is 0.0823. The second kappa shape index (κ2) is 17.7. The fraction of sp³-hybridized carbons (Fsp3) is 0.450. The Hall–Kier alpha value is -4.27. The number of alkyl carbamates (subject to hydrolysis) is 1. The fourth-order valence-corrected chi connectivity index (χ4v) is 8.63. The lowest BCUT2D eigenvalue weighted by Gasteiger charge is -2.31. The number of aliphatic hydroxyl groups excluding tert-OH is 1. The number of unbranched alkanes of at least 4 members (excludes halogenated alkanes) is 1. The third-order valence-electron chi connectivity index (χ3n) is 9.76. The monoisotopic (exact) mass is 746 g/mol. The highest BCUT2D eigenvalue weighted by Crippen LogP contribution is 2.33. The molecule has 5 atom stereocenters. The molecule has 0 radical (unpaired) electrons. The third-order valence-corrected chi connectivity index (χ3v) is 11.6. The summed E-state index contributed by atoms with van der Waals surface area (Å²) in [7, 11) is -4.15. The van der Waals surface area contributed by atoms with Crippen molar-refractivity contribution < 1.29 is 37.6 Å². The first kappa shape index (κ1) is 38.5. The summed E-state index contributed by atoms with van der Waals surface area (Å²) in [6.45, 7) is 4.96. The SMILES string of the molecule is CC(C)CN(C[C@@H](O)[C@H](Cc1ccccc1)NC(=O)O[C@H]1CO[C@H]2OCC[C@H]21)S(=O)(=O)c1ccc2[nH]c(O)c(C=NCCCCc3ccccc3)c2c1. The standard InChI is InChI=1S/C40H50N4O8S/c1-27(2)24-44(25-36(45)35(21-29-14-7-4-8-15-29)43-40(47)52-37-26-51-39-31(37)18-20-50-39)53(48,49)30-16-17-34-32(22-30)33(38(46)42-34)23-41-19-10-9-13-28-11-5-3-6-12-28/h3-8,11-12,14-17,22-23,27,31,35-37,39,42,45-46H,9-10,13,18-21,24-26H2,1-2H3,(H,43,47)/t31-,35-,36+,37-,39+/m0/s1. The number of sulfonamides is 1. The van der Waals surface area contributed by atoms with Crippen LogP contribution in [0.15, 0.2) is 88.8 Å². The summed E-state index contributed by atoms with van der Waals surface area (Å²) >= 11 is 0. The Morgan fingerprint density at radius 2 is 1.77 bits per heavy atom. The smallest absolute Gasteiger partial charge is 0.407 e. The number of aliphatic hydroxyl groups is 1. The van der Waals surface area contributed by atoms with Gasteiger partial charge in [0.25, 0.3) is 0 Å². The summed E-state index contributed by atoms with van der Waals surface area (Å²) < 4.78 is 46.8. The van der Waals surface area contributed by atoms with E-state index in [1.54, 1.807) is 12.3 Å². The molecule has 0 bridgehead atoms. The summed E-state index contributed by atoms with van der Waals surface area (Å²) in [6, 6.07) is 23.4. The first-order valence-corrected chi connectivity index (χ1v) is 19.8. The van der Waals surface area contributed by atoms with Gasteiger partial charge in [0.05, 0.1) is 41.7 Å². The van der Waals surface area contributed by atoms with E-state index in [0.29, 0.717) is 29.6 Å². The molecule has 12 nitrogen and oxygen atoms in total. The van der Waals surface area contributed by atoms with Gasteiger partial charge in [-0.15, -0.1) is 0 Å². The van der Waals surface area contributed by atoms with Gasteiger partial charge in [-0.2, -0.15) is 4.31 Å². The number of aryl methyl sites for hydroxylation is 1. The minimum atomic E-state index is -4.15. The van der Waals surface area contributed by atoms with Crippen LogP contribution < -0.4 is 5.32 Å². The number of aromatic amines is 1. The van der Waals surface area contributed by atoms with Crippen molar-refractivity contribution in [2.45, 2.75) is 75.4 Å². The normalized spacial score (nSPS) is 20.0. The Kier molecular flexibility index (Phi) is 12.8. The van der Waals surface area contributed by atoms with E-state index in [9.17, 15) is 23.4 Å². The molecule has 0 unspecified atom stereocenters. The van der Waals surface area contributed by atoms with Crippen molar-refractivity contribution in [2.75, 3.05) is 32.8 Å². The highest BCUT2D eigenvalue weighted by Gasteiger charge is 2.44. The average molecular weight is 747 g/mol. The molecule has 0 aliphatic carbocycles. The van der Waals surface area contributed by atoms with Crippen LogP contribution >= 0.6 is 0 Å². The van der Waals surface area contributed by atoms with Gasteiger partial charge < -0.3 is 34.7 Å². The van der Waals surface area contributed by atoms with Crippen LogP contribution in [-0.4, -0.2) is 97.6 Å². The molecule has 1 aromatic heterocycles. The summed E-state index contributed by atoms with van der Waals surface area (Å²) in [5, 5.41) is 25.7. The number of nitrogens with zero attached hydrogens (tertiary/aromatic N) is 2. The first-order valence-electron chi connectivity index (χ1n) is 18.4. The maximum absolute atomic E-state index is 14.3. The number of aliphatic imine (C=N–C) groups is 1. The number of amides is 1. The number of aromatic nitrogens is 1. The van der Waals surface area contributed by atoms with Gasteiger partial charge in [-0.1, -0.05) is 74.5 Å². The fourth-order valence-electron chi connectivity index (χ4n) is 6.99. The van der Waals surface area contributed by atoms with Gasteiger partial charge in [0.15, 0.2) is 12.2 Å². The molecule has 3 aromatic carbocycles. The van der Waals surface area contributed by atoms with Crippen LogP contribution in [0, 0.1) is 11.8 Å². The summed E-state index contributed by atoms with van der Waals surface area (Å²) in [6.07, 6.45) is 2.46. The van der Waals surface area contributed by atoms with Crippen molar-refractivity contribution in [2.24, 2.45) is 16.8 Å². The van der Waals surface area contributed by atoms with Gasteiger partial charge in [-0.3, -0.25) is 4.99 Å². The lowest BCUT2D eigenvalue weighted by atomic mass is 10.0. The molecular weight excluding hydrogens is 697 g/mol. The third kappa shape index (κ3) is 9.84. The van der Waals surface area contributed by atoms with Gasteiger partial charge in [0.1, 0.15) is 6.10 Å². The maximum atomic E-state index is 14.3. The summed E-state index contributed by atoms with van der Waals surface area (Å²) in [5.41, 5.74) is 3.10. The predicted octanol–water partition coefficient (Wildman–Crippen LogP) is 5.42. The lowest BCUT2D eigenvalue weighted by Crippen LogP contribution is -2.51. The van der Waals surface area contributed by atoms with E-state index in [1.807, 2.05) is 62.4 Å². The van der Waals surface area contributed by atoms with Crippen LogP contribution in [0.2, 0.25) is 0 Å². The summed E-state index contributed by atoms with van der Waals surface area (Å²) in [4.78, 5) is 20.7. The zero-order valence-electron chi connectivity index (χ0n) is 30.3. The molecule has 4 N–H and O–H groups in total. The Balaban J connectivity index is 1.17. The minimum Gasteiger partial charge on any atom is -0.494 e. The molecular formula is C40H50N4O8S. The Labute approximate surface area is 311 Å². The van der Waals surface area contributed by atoms with E-state index in [4.69, 9.17) is 14.2 Å². The highest BCUT2D eigenvalue weighted by atomic mass is 32.2. The second-order valence-corrected chi connectivity index (χ2v) is 16.2. The molecule has 3 heterocycles. The van der Waals surface area contributed by atoms with Gasteiger partial charge in [0.2, 0.25) is 10.0 Å². The number of nitrogens with one attached hydrogen (secondary N) is 2. The van der Waals surface area contributed by atoms with Crippen LogP contribution in [0.1, 0.15) is 49.8 Å². The van der Waals surface area contributed by atoms with Gasteiger partial charge in [0, 0.05) is 36.8 Å². The van der Waals surface area contributed by atoms with Crippen molar-refractivity contribution in [3.05, 3.63) is 95.6 Å². The molecule has 13 heteroatoms. The number of hydrogen-bond acceptors (Lipinski definition) is 9. The number of hydrogen-bond donors (Lipinski definition) is 4. The second-order valence-electron chi connectivity index (χ2n) is 14.3. The molecule has 6 rings (SSSR count). The zero-order valence-corrected chi connectivity index (χ0v) is 31.1. The molecule has 4 aromatic rings. The largest absolute Gasteiger partial charge is 0.494 e. The van der Waals surface area contributed by atoms with E-state index in [2.05, 4.69) is 27.4 Å². The molecule has 1 amide bonds. The number of ether oxygens (including phenoxy) is 3. The summed E-state index contributed by atoms with van der Waals surface area (Å²) in [5.74, 6) is -0.226. The Morgan fingerprint density at radius 1 is 1.04 bits per heavy atom. The first-order chi connectivity index (χ1) is 25.6. The Bertz CT molecular complexity index is 1940. The van der Waals surface area contributed by atoms with Crippen molar-refractivity contribution in [3.8, 4) is 5.88 Å². The van der Waals surface area contributed by atoms with Gasteiger partial charge >= 0.3 is 6.09 Å². The molecule has 2 fully saturated rings. The molecule has 53 heavy (non-hydrogen) atoms. The number of carbonyl (C=O) groups is 1. The lowest BCUT2D eigenvalue weighted by molar-refractivity contribution is -0.0907. The molecule has 2 saturated heterocycles. The predicted molar refractivity (Wildman–Crippen MR) is 203 cm³/mol. The van der Waals surface area contributed by atoms with E-state index in [-0.39, 0.29) is 55.0 Å². The van der Waals surface area contributed by atoms with E-state index < -0.39 is 34.4 Å². The topological polar surface area (TPSA) is 163 Å². The van der Waals surface area contributed by atoms with Crippen LogP contribution in [0.3, 0.4) is 0 Å². The number of H-pyrrole nitrogens is 1. The molecule has 0 spiro atoms. The van der Waals surface area contributed by atoms with Crippen molar-refractivity contribution in [3.63, 3.8) is 0 Å². The maximum Gasteiger partial charge on any atom is 0.407 e. The minimum absolute atomic E-state index is 0.0101. The van der Waals surface area contributed by atoms with Crippen LogP contribution in [0.5, 0.6) is 5.88 Å². The average Bonchev–Trinajstić information content (AvgIpc) is 3.85. The highest BCUT2D eigenvalue weighted by molar-refractivity contribution is 7.89. The van der Waals surface area contributed by atoms with Gasteiger partial charge in [-0.05, 0) is 67.3 Å². The zero-order chi connectivity index (χ0) is 37.4. The van der Waals surface area contributed by atoms with Crippen LogP contribution in [0.25, 0.3) is 10.9 Å². The number of fused-ring (bicyclic) bond motifs is 2. The molecule has 2 aliphatic heterocycles. The van der Waals surface area contributed by atoms with Crippen LogP contribution in [0.4, 0.5) is 4.79 Å².